The molecule has 14 heavy (non-hydrogen) atoms. The fraction of sp³-hybridized carbons (Fsp3) is 0.286. The average Bonchev–Trinajstić information content (AvgIpc) is 2.05. The van der Waals surface area contributed by atoms with E-state index in [2.05, 4.69) is 4.74 Å². The highest BCUT2D eigenvalue weighted by Crippen LogP contribution is 2.18. The quantitative estimate of drug-likeness (QED) is 0.572. The van der Waals surface area contributed by atoms with Gasteiger partial charge >= 0.3 is 12.1 Å². The van der Waals surface area contributed by atoms with Crippen molar-refractivity contribution in [3.8, 4) is 5.88 Å². The number of hydrogen-bond donors (Lipinski definition) is 0. The third-order valence-corrected chi connectivity index (χ3v) is 1.47. The van der Waals surface area contributed by atoms with Crippen LogP contribution in [0.25, 0.3) is 0 Å². The first-order chi connectivity index (χ1) is 6.38. The van der Waals surface area contributed by atoms with E-state index in [-0.39, 0.29) is 9.75 Å². The van der Waals surface area contributed by atoms with Crippen molar-refractivity contribution >= 4 is 11.6 Å². The Labute approximate surface area is 82.3 Å². The predicted molar refractivity (Wildman–Crippen MR) is 42.0 cm³/mol. The van der Waals surface area contributed by atoms with Crippen molar-refractivity contribution in [3.63, 3.8) is 0 Å². The van der Waals surface area contributed by atoms with E-state index >= 15 is 0 Å². The zero-order valence-corrected chi connectivity index (χ0v) is 7.47. The molecule has 0 radical (unpaired) electrons. The minimum atomic E-state index is -4.48. The number of pyridine rings is 1. The smallest absolute Gasteiger partial charge is 0.422 e. The molecule has 0 spiro atoms. The van der Waals surface area contributed by atoms with Crippen molar-refractivity contribution in [2.45, 2.75) is 6.18 Å². The Morgan fingerprint density at radius 3 is 2.71 bits per heavy atom. The number of nitrogens with zero attached hydrogens (tertiary/aromatic N) is 1. The van der Waals surface area contributed by atoms with Crippen LogP contribution in [-0.4, -0.2) is 12.8 Å². The van der Waals surface area contributed by atoms with Crippen molar-refractivity contribution in [1.82, 2.24) is 0 Å². The minimum absolute atomic E-state index is 0.134. The van der Waals surface area contributed by atoms with Gasteiger partial charge in [0.25, 0.3) is 0 Å². The van der Waals surface area contributed by atoms with E-state index in [1.54, 1.807) is 0 Å². The largest absolute Gasteiger partial charge is 0.616 e. The van der Waals surface area contributed by atoms with Gasteiger partial charge in [-0.15, -0.1) is 4.73 Å². The molecule has 1 heterocycles. The van der Waals surface area contributed by atoms with Gasteiger partial charge in [0.15, 0.2) is 12.8 Å². The number of aromatic nitrogens is 1. The van der Waals surface area contributed by atoms with Crippen molar-refractivity contribution in [1.29, 1.82) is 0 Å². The third kappa shape index (κ3) is 3.29. The molecule has 0 saturated carbocycles. The van der Waals surface area contributed by atoms with Gasteiger partial charge in [-0.2, -0.15) is 13.2 Å². The topological polar surface area (TPSA) is 36.2 Å². The monoisotopic (exact) mass is 227 g/mol. The molecule has 7 heteroatoms. The van der Waals surface area contributed by atoms with Gasteiger partial charge in [-0.3, -0.25) is 0 Å². The highest BCUT2D eigenvalue weighted by Gasteiger charge is 2.29. The number of halogens is 4. The standard InChI is InChI=1S/C7H5ClF3NO2/c8-5-1-2-12(13)6(3-5)14-4-7(9,10)11/h1-3H,4H2. The molecule has 0 bridgehead atoms. The number of hydrogen-bond acceptors (Lipinski definition) is 2. The van der Waals surface area contributed by atoms with E-state index in [0.717, 1.165) is 12.3 Å². The van der Waals surface area contributed by atoms with Gasteiger partial charge in [0, 0.05) is 6.07 Å². The lowest BCUT2D eigenvalue weighted by Crippen LogP contribution is -2.31. The molecule has 0 fully saturated rings. The Bertz CT molecular complexity index is 329. The van der Waals surface area contributed by atoms with E-state index in [0.29, 0.717) is 0 Å². The van der Waals surface area contributed by atoms with Crippen LogP contribution < -0.4 is 9.47 Å². The lowest BCUT2D eigenvalue weighted by atomic mass is 10.5. The van der Waals surface area contributed by atoms with Gasteiger partial charge in [0.1, 0.15) is 0 Å². The van der Waals surface area contributed by atoms with Crippen molar-refractivity contribution < 1.29 is 22.6 Å². The highest BCUT2D eigenvalue weighted by molar-refractivity contribution is 6.30. The van der Waals surface area contributed by atoms with Crippen LogP contribution >= 0.6 is 11.6 Å². The molecule has 0 N–H and O–H groups in total. The maximum Gasteiger partial charge on any atom is 0.422 e. The number of alkyl halides is 3. The summed E-state index contributed by atoms with van der Waals surface area (Å²) in [6, 6.07) is 2.26. The summed E-state index contributed by atoms with van der Waals surface area (Å²) >= 11 is 5.45. The molecule has 0 atom stereocenters. The summed E-state index contributed by atoms with van der Waals surface area (Å²) in [5.74, 6) is -0.477. The zero-order valence-electron chi connectivity index (χ0n) is 6.71. The Morgan fingerprint density at radius 2 is 2.14 bits per heavy atom. The van der Waals surface area contributed by atoms with E-state index in [1.807, 2.05) is 0 Å². The maximum absolute atomic E-state index is 11.7. The minimum Gasteiger partial charge on any atom is -0.616 e. The van der Waals surface area contributed by atoms with Crippen LogP contribution in [0.5, 0.6) is 5.88 Å². The second kappa shape index (κ2) is 3.91. The molecular weight excluding hydrogens is 223 g/mol. The third-order valence-electron chi connectivity index (χ3n) is 1.23. The Morgan fingerprint density at radius 1 is 1.50 bits per heavy atom. The van der Waals surface area contributed by atoms with Gasteiger partial charge in [-0.1, -0.05) is 11.6 Å². The summed E-state index contributed by atoms with van der Waals surface area (Å²) in [6.45, 7) is -1.52. The predicted octanol–water partition coefficient (Wildman–Crippen LogP) is 1.91. The second-order valence-electron chi connectivity index (χ2n) is 2.41. The SMILES string of the molecule is [O-][n+]1ccc(Cl)cc1OCC(F)(F)F. The molecule has 0 aliphatic heterocycles. The molecule has 0 aliphatic rings. The Balaban J connectivity index is 2.72. The van der Waals surface area contributed by atoms with E-state index in [1.165, 1.54) is 6.07 Å². The summed E-state index contributed by atoms with van der Waals surface area (Å²) in [4.78, 5) is 0. The van der Waals surface area contributed by atoms with E-state index in [9.17, 15) is 18.4 Å². The first-order valence-corrected chi connectivity index (χ1v) is 3.84. The highest BCUT2D eigenvalue weighted by atomic mass is 35.5. The van der Waals surface area contributed by atoms with Gasteiger partial charge in [0.05, 0.1) is 11.1 Å². The van der Waals surface area contributed by atoms with Gasteiger partial charge in [0.2, 0.25) is 0 Å². The zero-order chi connectivity index (χ0) is 10.8. The van der Waals surface area contributed by atoms with Crippen molar-refractivity contribution in [2.24, 2.45) is 0 Å². The number of rotatable bonds is 2. The summed E-state index contributed by atoms with van der Waals surface area (Å²) in [7, 11) is 0. The van der Waals surface area contributed by atoms with Crippen molar-refractivity contribution in [2.75, 3.05) is 6.61 Å². The Hall–Kier alpha value is -1.17. The molecule has 1 aromatic heterocycles. The second-order valence-corrected chi connectivity index (χ2v) is 2.85. The van der Waals surface area contributed by atoms with Crippen LogP contribution in [0.1, 0.15) is 0 Å². The molecule has 0 aliphatic carbocycles. The van der Waals surface area contributed by atoms with Crippen LogP contribution in [-0.2, 0) is 0 Å². The van der Waals surface area contributed by atoms with Gasteiger partial charge in [-0.25, -0.2) is 0 Å². The molecular formula is C7H5ClF3NO2. The molecule has 1 rings (SSSR count). The average molecular weight is 228 g/mol. The molecule has 78 valence electrons. The molecule has 0 amide bonds. The van der Waals surface area contributed by atoms with Crippen LogP contribution in [0, 0.1) is 5.21 Å². The van der Waals surface area contributed by atoms with Crippen LogP contribution in [0.3, 0.4) is 0 Å². The van der Waals surface area contributed by atoms with Crippen LogP contribution in [0.2, 0.25) is 5.02 Å². The fourth-order valence-corrected chi connectivity index (χ4v) is 0.853. The van der Waals surface area contributed by atoms with Crippen LogP contribution in [0.4, 0.5) is 13.2 Å². The van der Waals surface area contributed by atoms with E-state index in [4.69, 9.17) is 11.6 Å². The molecule has 0 aromatic carbocycles. The summed E-state index contributed by atoms with van der Waals surface area (Å²) in [6.07, 6.45) is -3.51. The van der Waals surface area contributed by atoms with Crippen LogP contribution in [0.15, 0.2) is 18.3 Å². The molecule has 0 unspecified atom stereocenters. The molecule has 3 nitrogen and oxygen atoms in total. The Kier molecular flexibility index (Phi) is 3.05. The summed E-state index contributed by atoms with van der Waals surface area (Å²) in [5, 5.41) is 11.0. The normalized spacial score (nSPS) is 11.4. The van der Waals surface area contributed by atoms with Gasteiger partial charge in [-0.05, 0) is 0 Å². The lowest BCUT2D eigenvalue weighted by molar-refractivity contribution is -0.613. The first-order valence-electron chi connectivity index (χ1n) is 3.47. The van der Waals surface area contributed by atoms with Crippen molar-refractivity contribution in [3.05, 3.63) is 28.6 Å². The van der Waals surface area contributed by atoms with Gasteiger partial charge < -0.3 is 9.94 Å². The fourth-order valence-electron chi connectivity index (χ4n) is 0.703. The first kappa shape index (κ1) is 10.9. The van der Waals surface area contributed by atoms with E-state index < -0.39 is 18.7 Å². The lowest BCUT2D eigenvalue weighted by Gasteiger charge is -2.08. The maximum atomic E-state index is 11.7. The molecule has 1 aromatic rings. The summed E-state index contributed by atoms with van der Waals surface area (Å²) in [5.41, 5.74) is 0. The number of ether oxygens (including phenoxy) is 1. The molecule has 0 saturated heterocycles. The summed E-state index contributed by atoms with van der Waals surface area (Å²) < 4.78 is 39.5.